The van der Waals surface area contributed by atoms with Crippen LogP contribution in [0.25, 0.3) is 0 Å². The number of hydrogen-bond donors (Lipinski definition) is 2. The summed E-state index contributed by atoms with van der Waals surface area (Å²) in [7, 11) is -6.47. The maximum absolute atomic E-state index is 9.24. The van der Waals surface area contributed by atoms with E-state index in [1.54, 1.807) is 0 Å². The lowest BCUT2D eigenvalue weighted by Gasteiger charge is -1.60. The summed E-state index contributed by atoms with van der Waals surface area (Å²) < 4.78 is 40.1. The molecule has 0 radical (unpaired) electrons. The second-order valence-electron chi connectivity index (χ2n) is 0.529. The minimum Gasteiger partial charge on any atom is -0.255 e. The summed E-state index contributed by atoms with van der Waals surface area (Å²) in [4.78, 5) is 0. The standard InChI is InChI=1S/O5P2.H2O2/c1-6(2)5-7(3)4;1-2/h;1-2H. The zero-order valence-corrected chi connectivity index (χ0v) is 5.62. The summed E-state index contributed by atoms with van der Waals surface area (Å²) in [5.41, 5.74) is 0. The summed E-state index contributed by atoms with van der Waals surface area (Å²) in [6, 6.07) is 0. The van der Waals surface area contributed by atoms with Crippen molar-refractivity contribution in [1.29, 1.82) is 0 Å². The molecule has 54 valence electrons. The highest BCUT2D eigenvalue weighted by Gasteiger charge is 1.92. The first-order chi connectivity index (χ1) is 4.13. The van der Waals surface area contributed by atoms with Crippen LogP contribution in [0.2, 0.25) is 0 Å². The molecule has 0 aliphatic rings. The Labute approximate surface area is 50.0 Å². The second-order valence-corrected chi connectivity index (χ2v) is 2.08. The Hall–Kier alpha value is -0.320. The number of rotatable bonds is 2. The van der Waals surface area contributed by atoms with E-state index in [1.807, 2.05) is 0 Å². The lowest BCUT2D eigenvalue weighted by atomic mass is 15.0. The Morgan fingerprint density at radius 2 is 1.11 bits per heavy atom. The molecule has 0 heterocycles. The third-order valence-electron chi connectivity index (χ3n) is 0.133. The molecule has 0 saturated carbocycles. The molecular formula is H2O7P2. The predicted molar refractivity (Wildman–Crippen MR) is 22.9 cm³/mol. The van der Waals surface area contributed by atoms with E-state index in [-0.39, 0.29) is 0 Å². The third-order valence-corrected chi connectivity index (χ3v) is 1.20. The Morgan fingerprint density at radius 3 is 1.11 bits per heavy atom. The highest BCUT2D eigenvalue weighted by Crippen LogP contribution is 2.19. The summed E-state index contributed by atoms with van der Waals surface area (Å²) in [5.74, 6) is 0. The van der Waals surface area contributed by atoms with E-state index in [4.69, 9.17) is 10.5 Å². The topological polar surface area (TPSA) is 118 Å². The Kier molecular flexibility index (Phi) is 9.79. The molecule has 0 amide bonds. The minimum atomic E-state index is -3.24. The zero-order chi connectivity index (χ0) is 7.86. The van der Waals surface area contributed by atoms with E-state index in [0.29, 0.717) is 0 Å². The van der Waals surface area contributed by atoms with Crippen LogP contribution >= 0.6 is 15.8 Å². The van der Waals surface area contributed by atoms with Crippen LogP contribution in [-0.2, 0) is 22.6 Å². The summed E-state index contributed by atoms with van der Waals surface area (Å²) in [5, 5.41) is 12.0. The maximum atomic E-state index is 9.24. The van der Waals surface area contributed by atoms with Crippen molar-refractivity contribution < 1.29 is 33.1 Å². The van der Waals surface area contributed by atoms with Gasteiger partial charge in [-0.05, 0) is 0 Å². The van der Waals surface area contributed by atoms with Gasteiger partial charge in [0.2, 0.25) is 0 Å². The molecule has 0 aliphatic carbocycles. The van der Waals surface area contributed by atoms with Gasteiger partial charge < -0.3 is 0 Å². The van der Waals surface area contributed by atoms with E-state index in [9.17, 15) is 18.3 Å². The van der Waals surface area contributed by atoms with Gasteiger partial charge in [0.15, 0.2) is 0 Å². The lowest BCUT2D eigenvalue weighted by molar-refractivity contribution is -0.176. The second kappa shape index (κ2) is 7.68. The molecule has 9 heavy (non-hydrogen) atoms. The van der Waals surface area contributed by atoms with Crippen molar-refractivity contribution in [3.05, 3.63) is 0 Å². The molecule has 2 N–H and O–H groups in total. The minimum absolute atomic E-state index is 3.16. The Bertz CT molecular complexity index is 135. The van der Waals surface area contributed by atoms with Crippen molar-refractivity contribution in [3.63, 3.8) is 0 Å². The van der Waals surface area contributed by atoms with Gasteiger partial charge >= 0.3 is 15.8 Å². The van der Waals surface area contributed by atoms with Crippen molar-refractivity contribution in [2.75, 3.05) is 0 Å². The third kappa shape index (κ3) is 18.3. The fourth-order valence-corrected chi connectivity index (χ4v) is 0.490. The normalized spacial score (nSPS) is 6.89. The van der Waals surface area contributed by atoms with Crippen LogP contribution in [0.3, 0.4) is 0 Å². The van der Waals surface area contributed by atoms with Crippen molar-refractivity contribution in [2.24, 2.45) is 0 Å². The zero-order valence-electron chi connectivity index (χ0n) is 3.83. The Balaban J connectivity index is 0. The monoisotopic (exact) mass is 176 g/mol. The molecule has 0 aromatic heterocycles. The largest absolute Gasteiger partial charge is 0.481 e. The molecule has 0 saturated heterocycles. The van der Waals surface area contributed by atoms with Crippen LogP contribution in [-0.4, -0.2) is 10.5 Å². The fourth-order valence-electron chi connectivity index (χ4n) is 0.0544. The van der Waals surface area contributed by atoms with Gasteiger partial charge in [0.05, 0.1) is 0 Å². The first-order valence-electron chi connectivity index (χ1n) is 1.30. The number of hydrogen-bond acceptors (Lipinski definition) is 7. The highest BCUT2D eigenvalue weighted by molar-refractivity contribution is 7.39. The molecule has 0 unspecified atom stereocenters. The average Bonchev–Trinajstić information content (AvgIpc) is 1.68. The molecule has 0 spiro atoms. The van der Waals surface area contributed by atoms with Gasteiger partial charge in [0.25, 0.3) is 0 Å². The van der Waals surface area contributed by atoms with E-state index in [0.717, 1.165) is 0 Å². The van der Waals surface area contributed by atoms with Crippen molar-refractivity contribution >= 4 is 15.8 Å². The van der Waals surface area contributed by atoms with Gasteiger partial charge in [-0.1, -0.05) is 0 Å². The van der Waals surface area contributed by atoms with Gasteiger partial charge in [-0.25, -0.2) is 18.3 Å². The van der Waals surface area contributed by atoms with Crippen LogP contribution in [0.5, 0.6) is 0 Å². The van der Waals surface area contributed by atoms with Crippen molar-refractivity contribution in [2.45, 2.75) is 0 Å². The quantitative estimate of drug-likeness (QED) is 0.368. The molecule has 9 heteroatoms. The van der Waals surface area contributed by atoms with E-state index in [1.165, 1.54) is 0 Å². The smallest absolute Gasteiger partial charge is 0.255 e. The van der Waals surface area contributed by atoms with Crippen molar-refractivity contribution in [3.8, 4) is 0 Å². The molecule has 0 rings (SSSR count). The van der Waals surface area contributed by atoms with Gasteiger partial charge in [0, 0.05) is 0 Å². The molecule has 0 aromatic rings. The summed E-state index contributed by atoms with van der Waals surface area (Å²) >= 11 is 0. The first kappa shape index (κ1) is 11.5. The van der Waals surface area contributed by atoms with Gasteiger partial charge in [-0.15, -0.1) is 0 Å². The predicted octanol–water partition coefficient (Wildman–Crippen LogP) is 1.20. The van der Waals surface area contributed by atoms with Gasteiger partial charge in [-0.3, -0.25) is 10.5 Å². The van der Waals surface area contributed by atoms with Gasteiger partial charge in [0.1, 0.15) is 0 Å². The van der Waals surface area contributed by atoms with Crippen LogP contribution in [0, 0.1) is 0 Å². The molecule has 0 aromatic carbocycles. The van der Waals surface area contributed by atoms with E-state index in [2.05, 4.69) is 4.31 Å². The first-order valence-corrected chi connectivity index (χ1v) is 3.49. The Morgan fingerprint density at radius 1 is 0.889 bits per heavy atom. The molecule has 0 bridgehead atoms. The van der Waals surface area contributed by atoms with E-state index >= 15 is 0 Å². The SMILES string of the molecule is O=P(=O)OP(=O)=O.OO. The average molecular weight is 176 g/mol. The molecule has 0 aliphatic heterocycles. The fraction of sp³-hybridized carbons (Fsp3) is 0. The molecule has 0 atom stereocenters. The van der Waals surface area contributed by atoms with E-state index < -0.39 is 15.8 Å². The highest BCUT2D eigenvalue weighted by atomic mass is 31.2. The lowest BCUT2D eigenvalue weighted by Crippen LogP contribution is -1.41. The maximum Gasteiger partial charge on any atom is 0.481 e. The summed E-state index contributed by atoms with van der Waals surface area (Å²) in [6.07, 6.45) is 0. The van der Waals surface area contributed by atoms with Crippen LogP contribution in [0.4, 0.5) is 0 Å². The summed E-state index contributed by atoms with van der Waals surface area (Å²) in [6.45, 7) is 0. The molecule has 0 fully saturated rings. The van der Waals surface area contributed by atoms with Crippen LogP contribution in [0.15, 0.2) is 0 Å². The van der Waals surface area contributed by atoms with Gasteiger partial charge in [-0.2, -0.15) is 4.31 Å². The van der Waals surface area contributed by atoms with Crippen LogP contribution in [0.1, 0.15) is 0 Å². The van der Waals surface area contributed by atoms with Crippen molar-refractivity contribution in [1.82, 2.24) is 0 Å². The molecular weight excluding hydrogens is 174 g/mol. The molecule has 7 nitrogen and oxygen atoms in total. The van der Waals surface area contributed by atoms with Crippen LogP contribution < -0.4 is 0 Å².